The smallest absolute Gasteiger partial charge is 0.294 e. The molecule has 0 spiro atoms. The zero-order valence-electron chi connectivity index (χ0n) is 11.1. The topological polar surface area (TPSA) is 84.3 Å². The number of nitro groups is 1. The van der Waals surface area contributed by atoms with E-state index in [1.54, 1.807) is 7.05 Å². The number of nitrogens with one attached hydrogen (secondary N) is 2. The molecule has 108 valence electrons. The quantitative estimate of drug-likeness (QED) is 0.661. The Bertz CT molecular complexity index is 542. The number of hydrogen-bond acceptors (Lipinski definition) is 4. The lowest BCUT2D eigenvalue weighted by Crippen LogP contribution is -2.32. The van der Waals surface area contributed by atoms with E-state index in [4.69, 9.17) is 11.6 Å². The van der Waals surface area contributed by atoms with Crippen LogP contribution in [-0.2, 0) is 0 Å². The summed E-state index contributed by atoms with van der Waals surface area (Å²) >= 11 is 5.99. The zero-order chi connectivity index (χ0) is 14.7. The number of hydrogen-bond donors (Lipinski definition) is 2. The molecule has 1 aliphatic carbocycles. The molecule has 0 unspecified atom stereocenters. The second kappa shape index (κ2) is 6.09. The number of halogens is 1. The van der Waals surface area contributed by atoms with Gasteiger partial charge < -0.3 is 10.6 Å². The Balaban J connectivity index is 2.27. The molecule has 0 aliphatic heterocycles. The SMILES string of the molecule is CNc1c(Cl)cc(C(=O)NC2CCCC2)cc1[N+](=O)[O-]. The molecule has 7 heteroatoms. The van der Waals surface area contributed by atoms with Crippen LogP contribution < -0.4 is 10.6 Å². The van der Waals surface area contributed by atoms with E-state index in [-0.39, 0.29) is 33.9 Å². The molecule has 20 heavy (non-hydrogen) atoms. The Kier molecular flexibility index (Phi) is 4.44. The van der Waals surface area contributed by atoms with Crippen LogP contribution in [-0.4, -0.2) is 23.9 Å². The summed E-state index contributed by atoms with van der Waals surface area (Å²) in [5.74, 6) is -0.315. The Morgan fingerprint density at radius 1 is 1.40 bits per heavy atom. The van der Waals surface area contributed by atoms with Crippen molar-refractivity contribution in [3.63, 3.8) is 0 Å². The fourth-order valence-electron chi connectivity index (χ4n) is 2.45. The highest BCUT2D eigenvalue weighted by atomic mass is 35.5. The third kappa shape index (κ3) is 3.01. The second-order valence-corrected chi connectivity index (χ2v) is 5.22. The predicted molar refractivity (Wildman–Crippen MR) is 77.4 cm³/mol. The summed E-state index contributed by atoms with van der Waals surface area (Å²) in [4.78, 5) is 22.6. The molecule has 0 radical (unpaired) electrons. The monoisotopic (exact) mass is 297 g/mol. The van der Waals surface area contributed by atoms with Crippen LogP contribution >= 0.6 is 11.6 Å². The van der Waals surface area contributed by atoms with E-state index < -0.39 is 4.92 Å². The first-order valence-corrected chi connectivity index (χ1v) is 6.87. The molecular formula is C13H16ClN3O3. The minimum Gasteiger partial charge on any atom is -0.381 e. The summed E-state index contributed by atoms with van der Waals surface area (Å²) in [5, 5.41) is 16.8. The Hall–Kier alpha value is -1.82. The average molecular weight is 298 g/mol. The predicted octanol–water partition coefficient (Wildman–Crippen LogP) is 2.96. The first kappa shape index (κ1) is 14.6. The van der Waals surface area contributed by atoms with Gasteiger partial charge in [0.2, 0.25) is 0 Å². The first-order chi connectivity index (χ1) is 9.52. The molecular weight excluding hydrogens is 282 g/mol. The molecule has 1 amide bonds. The number of amides is 1. The Labute approximate surface area is 121 Å². The van der Waals surface area contributed by atoms with E-state index in [0.29, 0.717) is 0 Å². The van der Waals surface area contributed by atoms with Crippen LogP contribution in [0.3, 0.4) is 0 Å². The number of nitrogens with zero attached hydrogens (tertiary/aromatic N) is 1. The fraction of sp³-hybridized carbons (Fsp3) is 0.462. The molecule has 0 atom stereocenters. The van der Waals surface area contributed by atoms with Crippen molar-refractivity contribution in [3.05, 3.63) is 32.8 Å². The van der Waals surface area contributed by atoms with Crippen molar-refractivity contribution < 1.29 is 9.72 Å². The van der Waals surface area contributed by atoms with Gasteiger partial charge >= 0.3 is 0 Å². The summed E-state index contributed by atoms with van der Waals surface area (Å²) in [6, 6.07) is 2.86. The van der Waals surface area contributed by atoms with Crippen LogP contribution in [0.15, 0.2) is 12.1 Å². The van der Waals surface area contributed by atoms with E-state index in [0.717, 1.165) is 25.7 Å². The van der Waals surface area contributed by atoms with Crippen molar-refractivity contribution in [3.8, 4) is 0 Å². The summed E-state index contributed by atoms with van der Waals surface area (Å²) in [6.45, 7) is 0. The highest BCUT2D eigenvalue weighted by molar-refractivity contribution is 6.34. The van der Waals surface area contributed by atoms with E-state index in [2.05, 4.69) is 10.6 Å². The van der Waals surface area contributed by atoms with Gasteiger partial charge in [0.1, 0.15) is 5.69 Å². The minimum atomic E-state index is -0.552. The summed E-state index contributed by atoms with van der Waals surface area (Å²) in [7, 11) is 1.55. The van der Waals surface area contributed by atoms with Gasteiger partial charge in [-0.05, 0) is 18.9 Å². The molecule has 1 fully saturated rings. The highest BCUT2D eigenvalue weighted by Crippen LogP contribution is 2.33. The van der Waals surface area contributed by atoms with E-state index in [1.165, 1.54) is 12.1 Å². The normalized spacial score (nSPS) is 15.1. The van der Waals surface area contributed by atoms with Crippen LogP contribution in [0.1, 0.15) is 36.0 Å². The van der Waals surface area contributed by atoms with E-state index in [9.17, 15) is 14.9 Å². The van der Waals surface area contributed by atoms with E-state index in [1.807, 2.05) is 0 Å². The molecule has 0 bridgehead atoms. The molecule has 0 aromatic heterocycles. The van der Waals surface area contributed by atoms with E-state index >= 15 is 0 Å². The number of benzene rings is 1. The number of nitro benzene ring substituents is 1. The van der Waals surface area contributed by atoms with Crippen LogP contribution in [0.2, 0.25) is 5.02 Å². The maximum absolute atomic E-state index is 12.1. The minimum absolute atomic E-state index is 0.157. The zero-order valence-corrected chi connectivity index (χ0v) is 11.9. The number of carbonyl (C=O) groups excluding carboxylic acids is 1. The van der Waals surface area contributed by atoms with Crippen LogP contribution in [0, 0.1) is 10.1 Å². The lowest BCUT2D eigenvalue weighted by atomic mass is 10.1. The molecule has 6 nitrogen and oxygen atoms in total. The van der Waals surface area contributed by atoms with Crippen LogP contribution in [0.25, 0.3) is 0 Å². The Morgan fingerprint density at radius 2 is 2.05 bits per heavy atom. The maximum atomic E-state index is 12.1. The van der Waals surface area contributed by atoms with Crippen molar-refractivity contribution in [2.45, 2.75) is 31.7 Å². The summed E-state index contributed by atoms with van der Waals surface area (Å²) < 4.78 is 0. The van der Waals surface area contributed by atoms with Crippen LogP contribution in [0.4, 0.5) is 11.4 Å². The van der Waals surface area contributed by atoms with Gasteiger partial charge in [0, 0.05) is 24.7 Å². The molecule has 0 heterocycles. The molecule has 2 rings (SSSR count). The summed E-state index contributed by atoms with van der Waals surface area (Å²) in [6.07, 6.45) is 4.11. The molecule has 1 saturated carbocycles. The molecule has 0 saturated heterocycles. The van der Waals surface area contributed by atoms with Gasteiger partial charge in [-0.25, -0.2) is 0 Å². The number of carbonyl (C=O) groups is 1. The molecule has 2 N–H and O–H groups in total. The average Bonchev–Trinajstić information content (AvgIpc) is 2.90. The maximum Gasteiger partial charge on any atom is 0.294 e. The van der Waals surface area contributed by atoms with Crippen molar-refractivity contribution in [2.75, 3.05) is 12.4 Å². The van der Waals surface area contributed by atoms with Gasteiger partial charge in [-0.15, -0.1) is 0 Å². The fourth-order valence-corrected chi connectivity index (χ4v) is 2.76. The van der Waals surface area contributed by atoms with Gasteiger partial charge in [-0.2, -0.15) is 0 Å². The lowest BCUT2D eigenvalue weighted by molar-refractivity contribution is -0.383. The number of rotatable bonds is 4. The molecule has 1 aromatic rings. The van der Waals surface area contributed by atoms with Crippen molar-refractivity contribution >= 4 is 28.9 Å². The molecule has 1 aliphatic rings. The number of anilines is 1. The van der Waals surface area contributed by atoms with Crippen molar-refractivity contribution in [1.82, 2.24) is 5.32 Å². The lowest BCUT2D eigenvalue weighted by Gasteiger charge is -2.13. The first-order valence-electron chi connectivity index (χ1n) is 6.49. The van der Waals surface area contributed by atoms with Gasteiger partial charge in [0.25, 0.3) is 11.6 Å². The van der Waals surface area contributed by atoms with Gasteiger partial charge in [0.15, 0.2) is 0 Å². The van der Waals surface area contributed by atoms with Gasteiger partial charge in [-0.3, -0.25) is 14.9 Å². The highest BCUT2D eigenvalue weighted by Gasteiger charge is 2.23. The van der Waals surface area contributed by atoms with Crippen LogP contribution in [0.5, 0.6) is 0 Å². The van der Waals surface area contributed by atoms with Gasteiger partial charge in [-0.1, -0.05) is 24.4 Å². The third-order valence-electron chi connectivity index (χ3n) is 3.47. The Morgan fingerprint density at radius 3 is 2.60 bits per heavy atom. The largest absolute Gasteiger partial charge is 0.381 e. The summed E-state index contributed by atoms with van der Waals surface area (Å²) in [5.41, 5.74) is 0.234. The standard InChI is InChI=1S/C13H16ClN3O3/c1-15-12-10(14)6-8(7-11(12)17(19)20)13(18)16-9-4-2-3-5-9/h6-7,9,15H,2-5H2,1H3,(H,16,18). The second-order valence-electron chi connectivity index (χ2n) is 4.81. The molecule has 1 aromatic carbocycles. The van der Waals surface area contributed by atoms with Crippen molar-refractivity contribution in [1.29, 1.82) is 0 Å². The van der Waals surface area contributed by atoms with Gasteiger partial charge in [0.05, 0.1) is 9.95 Å². The van der Waals surface area contributed by atoms with Crippen molar-refractivity contribution in [2.24, 2.45) is 0 Å². The third-order valence-corrected chi connectivity index (χ3v) is 3.77.